The smallest absolute Gasteiger partial charge is 0.213 e. The second-order valence-electron chi connectivity index (χ2n) is 8.35. The first-order chi connectivity index (χ1) is 15.8. The summed E-state index contributed by atoms with van der Waals surface area (Å²) >= 11 is 7.97. The number of fused-ring (bicyclic) bond motifs is 3. The summed E-state index contributed by atoms with van der Waals surface area (Å²) in [7, 11) is 0. The molecule has 6 rings (SSSR count). The third-order valence-corrected chi connectivity index (χ3v) is 7.39. The van der Waals surface area contributed by atoms with Crippen molar-refractivity contribution in [1.29, 1.82) is 0 Å². The molecule has 0 bridgehead atoms. The third kappa shape index (κ3) is 3.53. The van der Waals surface area contributed by atoms with E-state index in [-0.39, 0.29) is 0 Å². The van der Waals surface area contributed by atoms with Crippen LogP contribution in [-0.2, 0) is 6.42 Å². The van der Waals surface area contributed by atoms with Gasteiger partial charge in [-0.15, -0.1) is 21.5 Å². The highest BCUT2D eigenvalue weighted by atomic mass is 35.5. The summed E-state index contributed by atoms with van der Waals surface area (Å²) in [5.41, 5.74) is 3.11. The van der Waals surface area contributed by atoms with E-state index < -0.39 is 0 Å². The molecule has 0 spiro atoms. The number of hydrogen-bond donors (Lipinski definition) is 0. The maximum absolute atomic E-state index is 6.30. The fourth-order valence-electron chi connectivity index (χ4n) is 4.65. The standard InChI is InChI=1S/C25H22ClN5S/c26-19-8-9-20-21(16-19)27-25(31-23(20)28-29-24(31)22-7-4-14-32-22)30-12-10-18(11-13-30)15-17-5-2-1-3-6-17/h1-9,14,16,18H,10-13,15H2. The van der Waals surface area contributed by atoms with Crippen molar-refractivity contribution < 1.29 is 0 Å². The van der Waals surface area contributed by atoms with E-state index in [1.807, 2.05) is 24.3 Å². The molecule has 5 nitrogen and oxygen atoms in total. The van der Waals surface area contributed by atoms with E-state index in [9.17, 15) is 0 Å². The summed E-state index contributed by atoms with van der Waals surface area (Å²) in [5.74, 6) is 2.44. The van der Waals surface area contributed by atoms with Crippen molar-refractivity contribution in [1.82, 2.24) is 19.6 Å². The molecule has 1 fully saturated rings. The van der Waals surface area contributed by atoms with Gasteiger partial charge >= 0.3 is 0 Å². The molecule has 4 heterocycles. The first-order valence-electron chi connectivity index (χ1n) is 10.9. The molecule has 0 aliphatic carbocycles. The normalized spacial score (nSPS) is 15.1. The number of halogens is 1. The van der Waals surface area contributed by atoms with E-state index in [4.69, 9.17) is 16.6 Å². The van der Waals surface area contributed by atoms with Crippen LogP contribution in [0, 0.1) is 5.92 Å². The zero-order chi connectivity index (χ0) is 21.5. The summed E-state index contributed by atoms with van der Waals surface area (Å²) in [6, 6.07) is 20.7. The zero-order valence-electron chi connectivity index (χ0n) is 17.5. The molecule has 0 unspecified atom stereocenters. The van der Waals surface area contributed by atoms with Crippen LogP contribution in [0.2, 0.25) is 5.02 Å². The van der Waals surface area contributed by atoms with Gasteiger partial charge < -0.3 is 4.90 Å². The fourth-order valence-corrected chi connectivity index (χ4v) is 5.52. The lowest BCUT2D eigenvalue weighted by molar-refractivity contribution is 0.400. The van der Waals surface area contributed by atoms with Crippen molar-refractivity contribution in [2.45, 2.75) is 19.3 Å². The monoisotopic (exact) mass is 459 g/mol. The van der Waals surface area contributed by atoms with Crippen LogP contribution in [0.4, 0.5) is 5.95 Å². The van der Waals surface area contributed by atoms with Gasteiger partial charge in [0, 0.05) is 23.5 Å². The highest BCUT2D eigenvalue weighted by molar-refractivity contribution is 7.13. The summed E-state index contributed by atoms with van der Waals surface area (Å²) in [4.78, 5) is 8.54. The van der Waals surface area contributed by atoms with Crippen molar-refractivity contribution in [3.63, 3.8) is 0 Å². The van der Waals surface area contributed by atoms with Gasteiger partial charge in [0.15, 0.2) is 11.5 Å². The lowest BCUT2D eigenvalue weighted by atomic mass is 9.90. The first-order valence-corrected chi connectivity index (χ1v) is 12.2. The quantitative estimate of drug-likeness (QED) is 0.325. The predicted octanol–water partition coefficient (Wildman–Crippen LogP) is 6.12. The molecule has 0 atom stereocenters. The molecule has 1 aliphatic heterocycles. The number of aromatic nitrogens is 4. The third-order valence-electron chi connectivity index (χ3n) is 6.29. The van der Waals surface area contributed by atoms with Crippen LogP contribution in [0.5, 0.6) is 0 Å². The van der Waals surface area contributed by atoms with E-state index in [1.165, 1.54) is 5.56 Å². The van der Waals surface area contributed by atoms with E-state index in [0.29, 0.717) is 10.9 Å². The Morgan fingerprint density at radius 1 is 0.969 bits per heavy atom. The SMILES string of the molecule is Clc1ccc2c(c1)nc(N1CCC(Cc3ccccc3)CC1)n1c(-c3cccs3)nnc21. The Morgan fingerprint density at radius 3 is 2.59 bits per heavy atom. The molecular formula is C25H22ClN5S. The van der Waals surface area contributed by atoms with Crippen molar-refractivity contribution in [3.8, 4) is 10.7 Å². The van der Waals surface area contributed by atoms with Crippen LogP contribution in [0.1, 0.15) is 18.4 Å². The van der Waals surface area contributed by atoms with Crippen LogP contribution in [-0.4, -0.2) is 32.7 Å². The lowest BCUT2D eigenvalue weighted by Gasteiger charge is -2.33. The summed E-state index contributed by atoms with van der Waals surface area (Å²) in [6.07, 6.45) is 3.42. The largest absolute Gasteiger partial charge is 0.342 e. The Morgan fingerprint density at radius 2 is 1.81 bits per heavy atom. The van der Waals surface area contributed by atoms with Gasteiger partial charge in [-0.3, -0.25) is 0 Å². The molecule has 1 aliphatic rings. The Labute approximate surface area is 195 Å². The van der Waals surface area contributed by atoms with Gasteiger partial charge in [0.05, 0.1) is 10.4 Å². The molecule has 0 N–H and O–H groups in total. The molecule has 1 saturated heterocycles. The predicted molar refractivity (Wildman–Crippen MR) is 132 cm³/mol. The average Bonchev–Trinajstić information content (AvgIpc) is 3.50. The van der Waals surface area contributed by atoms with Crippen LogP contribution >= 0.6 is 22.9 Å². The van der Waals surface area contributed by atoms with Gasteiger partial charge in [-0.2, -0.15) is 0 Å². The van der Waals surface area contributed by atoms with Crippen LogP contribution in [0.15, 0.2) is 66.0 Å². The van der Waals surface area contributed by atoms with Crippen LogP contribution < -0.4 is 4.90 Å². The minimum atomic E-state index is 0.680. The molecule has 0 amide bonds. The number of hydrogen-bond acceptors (Lipinski definition) is 5. The van der Waals surface area contributed by atoms with E-state index in [2.05, 4.69) is 61.3 Å². The Hall–Kier alpha value is -2.96. The van der Waals surface area contributed by atoms with Crippen molar-refractivity contribution in [2.75, 3.05) is 18.0 Å². The number of piperidine rings is 1. The summed E-state index contributed by atoms with van der Waals surface area (Å²) < 4.78 is 2.12. The molecule has 32 heavy (non-hydrogen) atoms. The first kappa shape index (κ1) is 19.7. The number of thiophene rings is 1. The van der Waals surface area contributed by atoms with E-state index in [0.717, 1.165) is 65.6 Å². The maximum Gasteiger partial charge on any atom is 0.213 e. The van der Waals surface area contributed by atoms with Gasteiger partial charge in [0.25, 0.3) is 0 Å². The number of anilines is 1. The number of nitrogens with zero attached hydrogens (tertiary/aromatic N) is 5. The minimum Gasteiger partial charge on any atom is -0.342 e. The molecule has 7 heteroatoms. The molecule has 0 saturated carbocycles. The lowest BCUT2D eigenvalue weighted by Crippen LogP contribution is -2.36. The van der Waals surface area contributed by atoms with Crippen molar-refractivity contribution in [3.05, 3.63) is 76.6 Å². The molecular weight excluding hydrogens is 438 g/mol. The van der Waals surface area contributed by atoms with Crippen molar-refractivity contribution in [2.24, 2.45) is 5.92 Å². The second kappa shape index (κ2) is 8.19. The minimum absolute atomic E-state index is 0.680. The van der Waals surface area contributed by atoms with Gasteiger partial charge in [-0.1, -0.05) is 48.0 Å². The molecule has 160 valence electrons. The molecule has 3 aromatic heterocycles. The highest BCUT2D eigenvalue weighted by Gasteiger charge is 2.25. The van der Waals surface area contributed by atoms with E-state index >= 15 is 0 Å². The molecule has 2 aromatic carbocycles. The summed E-state index contributed by atoms with van der Waals surface area (Å²) in [5, 5.41) is 12.8. The van der Waals surface area contributed by atoms with Gasteiger partial charge in [0.1, 0.15) is 0 Å². The van der Waals surface area contributed by atoms with Crippen LogP contribution in [0.3, 0.4) is 0 Å². The van der Waals surface area contributed by atoms with Gasteiger partial charge in [-0.05, 0) is 60.4 Å². The summed E-state index contributed by atoms with van der Waals surface area (Å²) in [6.45, 7) is 1.93. The average molecular weight is 460 g/mol. The van der Waals surface area contributed by atoms with Crippen LogP contribution in [0.25, 0.3) is 27.3 Å². The van der Waals surface area contributed by atoms with Crippen molar-refractivity contribution >= 4 is 45.4 Å². The zero-order valence-corrected chi connectivity index (χ0v) is 19.1. The van der Waals surface area contributed by atoms with Gasteiger partial charge in [0.2, 0.25) is 5.95 Å². The Balaban J connectivity index is 1.39. The maximum atomic E-state index is 6.30. The highest BCUT2D eigenvalue weighted by Crippen LogP contribution is 2.33. The van der Waals surface area contributed by atoms with E-state index in [1.54, 1.807) is 11.3 Å². The topological polar surface area (TPSA) is 46.3 Å². The molecule has 0 radical (unpaired) electrons. The van der Waals surface area contributed by atoms with Gasteiger partial charge in [-0.25, -0.2) is 9.38 Å². The second-order valence-corrected chi connectivity index (χ2v) is 9.74. The number of rotatable bonds is 4. The Kier molecular flexibility index (Phi) is 5.04. The fraction of sp³-hybridized carbons (Fsp3) is 0.240. The molecule has 5 aromatic rings. The number of benzene rings is 2. The Bertz CT molecular complexity index is 1370.